The molecule has 3 rings (SSSR count). The lowest BCUT2D eigenvalue weighted by molar-refractivity contribution is 0.323. The van der Waals surface area contributed by atoms with Gasteiger partial charge in [0.2, 0.25) is 0 Å². The third-order valence-electron chi connectivity index (χ3n) is 3.42. The minimum Gasteiger partial charge on any atom is -0.372 e. The second-order valence-electron chi connectivity index (χ2n) is 4.29. The summed E-state index contributed by atoms with van der Waals surface area (Å²) in [7, 11) is 0. The second-order valence-corrected chi connectivity index (χ2v) is 4.29. The third-order valence-corrected chi connectivity index (χ3v) is 3.42. The summed E-state index contributed by atoms with van der Waals surface area (Å²) in [5.41, 5.74) is 1.72. The van der Waals surface area contributed by atoms with E-state index in [9.17, 15) is 0 Å². The van der Waals surface area contributed by atoms with Crippen LogP contribution in [0.25, 0.3) is 0 Å². The van der Waals surface area contributed by atoms with E-state index in [4.69, 9.17) is 0 Å². The van der Waals surface area contributed by atoms with Gasteiger partial charge in [0.25, 0.3) is 0 Å². The Kier molecular flexibility index (Phi) is 1.37. The van der Waals surface area contributed by atoms with Gasteiger partial charge in [-0.3, -0.25) is 0 Å². The van der Waals surface area contributed by atoms with Crippen LogP contribution in [0.3, 0.4) is 0 Å². The molecule has 0 radical (unpaired) electrons. The average molecular weight is 164 g/mol. The Morgan fingerprint density at radius 1 is 1.42 bits per heavy atom. The molecular formula is C10H16N2. The van der Waals surface area contributed by atoms with Crippen molar-refractivity contribution in [2.45, 2.75) is 25.7 Å². The van der Waals surface area contributed by atoms with Gasteiger partial charge >= 0.3 is 0 Å². The van der Waals surface area contributed by atoms with Crippen molar-refractivity contribution in [3.05, 3.63) is 11.4 Å². The van der Waals surface area contributed by atoms with Crippen molar-refractivity contribution >= 4 is 0 Å². The zero-order valence-corrected chi connectivity index (χ0v) is 7.47. The van der Waals surface area contributed by atoms with E-state index in [2.05, 4.69) is 10.2 Å². The maximum atomic E-state index is 3.55. The Labute approximate surface area is 73.6 Å². The van der Waals surface area contributed by atoms with Gasteiger partial charge in [0.05, 0.1) is 0 Å². The van der Waals surface area contributed by atoms with E-state index in [-0.39, 0.29) is 0 Å². The van der Waals surface area contributed by atoms with Crippen LogP contribution in [-0.4, -0.2) is 24.5 Å². The molecule has 3 aliphatic rings. The summed E-state index contributed by atoms with van der Waals surface area (Å²) in [5.74, 6) is 2.50. The van der Waals surface area contributed by atoms with Gasteiger partial charge in [0.15, 0.2) is 0 Å². The van der Waals surface area contributed by atoms with Gasteiger partial charge in [-0.25, -0.2) is 0 Å². The molecular weight excluding hydrogens is 148 g/mol. The van der Waals surface area contributed by atoms with Crippen molar-refractivity contribution in [1.29, 1.82) is 0 Å². The fourth-order valence-electron chi connectivity index (χ4n) is 2.84. The van der Waals surface area contributed by atoms with Crippen molar-refractivity contribution in [3.63, 3.8) is 0 Å². The van der Waals surface area contributed by atoms with Crippen molar-refractivity contribution in [2.75, 3.05) is 19.6 Å². The van der Waals surface area contributed by atoms with Crippen molar-refractivity contribution in [1.82, 2.24) is 10.2 Å². The smallest absolute Gasteiger partial charge is 0.100 e. The van der Waals surface area contributed by atoms with Gasteiger partial charge in [-0.2, -0.15) is 0 Å². The second kappa shape index (κ2) is 2.41. The Hall–Kier alpha value is -0.660. The van der Waals surface area contributed by atoms with Crippen molar-refractivity contribution in [3.8, 4) is 0 Å². The highest BCUT2D eigenvalue weighted by atomic mass is 15.3. The molecule has 0 spiro atoms. The predicted octanol–water partition coefficient (Wildman–Crippen LogP) is 1.31. The SMILES string of the molecule is C1CNC2=C(C1)CC1CCN2C1. The van der Waals surface area contributed by atoms with Crippen LogP contribution in [0.15, 0.2) is 11.4 Å². The first-order valence-corrected chi connectivity index (χ1v) is 5.14. The number of rotatable bonds is 0. The standard InChI is InChI=1S/C10H16N2/c1-2-9-6-8-3-5-12(7-8)10(9)11-4-1/h8,11H,1-7H2. The van der Waals surface area contributed by atoms with E-state index < -0.39 is 0 Å². The number of allylic oxidation sites excluding steroid dienone is 1. The molecule has 1 unspecified atom stereocenters. The molecule has 0 aromatic heterocycles. The molecule has 2 bridgehead atoms. The molecule has 0 aliphatic carbocycles. The maximum absolute atomic E-state index is 3.55. The molecule has 12 heavy (non-hydrogen) atoms. The Balaban J connectivity index is 1.95. The summed E-state index contributed by atoms with van der Waals surface area (Å²) >= 11 is 0. The molecule has 2 nitrogen and oxygen atoms in total. The van der Waals surface area contributed by atoms with E-state index in [1.54, 1.807) is 5.57 Å². The van der Waals surface area contributed by atoms with Gasteiger partial charge in [0, 0.05) is 19.6 Å². The molecule has 1 N–H and O–H groups in total. The van der Waals surface area contributed by atoms with Crippen molar-refractivity contribution in [2.24, 2.45) is 5.92 Å². The average Bonchev–Trinajstić information content (AvgIpc) is 2.49. The third kappa shape index (κ3) is 0.869. The summed E-state index contributed by atoms with van der Waals surface area (Å²) in [4.78, 5) is 2.56. The van der Waals surface area contributed by atoms with Crippen LogP contribution in [0.5, 0.6) is 0 Å². The van der Waals surface area contributed by atoms with Gasteiger partial charge < -0.3 is 10.2 Å². The Bertz CT molecular complexity index is 232. The highest BCUT2D eigenvalue weighted by molar-refractivity contribution is 5.20. The fraction of sp³-hybridized carbons (Fsp3) is 0.800. The first-order chi connectivity index (χ1) is 5.93. The maximum Gasteiger partial charge on any atom is 0.100 e. The minimum absolute atomic E-state index is 0.989. The Morgan fingerprint density at radius 3 is 3.42 bits per heavy atom. The number of hydrogen-bond donors (Lipinski definition) is 1. The van der Waals surface area contributed by atoms with Gasteiger partial charge in [-0.05, 0) is 37.2 Å². The molecule has 2 heteroatoms. The number of fused-ring (bicyclic) bond motifs is 3. The van der Waals surface area contributed by atoms with Gasteiger partial charge in [-0.1, -0.05) is 0 Å². The van der Waals surface area contributed by atoms with E-state index >= 15 is 0 Å². The first-order valence-electron chi connectivity index (χ1n) is 5.14. The lowest BCUT2D eigenvalue weighted by atomic mass is 9.92. The molecule has 0 amide bonds. The lowest BCUT2D eigenvalue weighted by Gasteiger charge is -2.34. The summed E-state index contributed by atoms with van der Waals surface area (Å²) in [6.45, 7) is 3.82. The van der Waals surface area contributed by atoms with Gasteiger partial charge in [0.1, 0.15) is 5.82 Å². The zero-order chi connectivity index (χ0) is 7.97. The molecule has 66 valence electrons. The summed E-state index contributed by atoms with van der Waals surface area (Å²) in [6.07, 6.45) is 5.52. The number of nitrogens with zero attached hydrogens (tertiary/aromatic N) is 1. The van der Waals surface area contributed by atoms with Crippen LogP contribution in [0.1, 0.15) is 25.7 Å². The quantitative estimate of drug-likeness (QED) is 0.580. The summed E-state index contributed by atoms with van der Waals surface area (Å²) in [6, 6.07) is 0. The Morgan fingerprint density at radius 2 is 2.42 bits per heavy atom. The molecule has 0 aromatic rings. The van der Waals surface area contributed by atoms with Crippen LogP contribution in [-0.2, 0) is 0 Å². The van der Waals surface area contributed by atoms with Crippen molar-refractivity contribution < 1.29 is 0 Å². The van der Waals surface area contributed by atoms with Crippen LogP contribution in [0, 0.1) is 5.92 Å². The monoisotopic (exact) mass is 164 g/mol. The summed E-state index contributed by atoms with van der Waals surface area (Å²) in [5, 5.41) is 3.55. The largest absolute Gasteiger partial charge is 0.372 e. The fourth-order valence-corrected chi connectivity index (χ4v) is 2.84. The lowest BCUT2D eigenvalue weighted by Crippen LogP contribution is -2.37. The van der Waals surface area contributed by atoms with E-state index in [1.807, 2.05) is 0 Å². The van der Waals surface area contributed by atoms with Crippen LogP contribution < -0.4 is 5.32 Å². The molecule has 1 saturated heterocycles. The van der Waals surface area contributed by atoms with E-state index in [0.29, 0.717) is 0 Å². The van der Waals surface area contributed by atoms with E-state index in [1.165, 1.54) is 51.1 Å². The minimum atomic E-state index is 0.989. The predicted molar refractivity (Wildman–Crippen MR) is 48.6 cm³/mol. The number of nitrogens with one attached hydrogen (secondary N) is 1. The molecule has 0 aromatic carbocycles. The highest BCUT2D eigenvalue weighted by Gasteiger charge is 2.32. The highest BCUT2D eigenvalue weighted by Crippen LogP contribution is 2.36. The van der Waals surface area contributed by atoms with Gasteiger partial charge in [-0.15, -0.1) is 0 Å². The molecule has 3 heterocycles. The molecule has 1 fully saturated rings. The molecule has 0 saturated carbocycles. The van der Waals surface area contributed by atoms with E-state index in [0.717, 1.165) is 5.92 Å². The first kappa shape index (κ1) is 6.81. The number of hydrogen-bond acceptors (Lipinski definition) is 2. The van der Waals surface area contributed by atoms with Crippen LogP contribution >= 0.6 is 0 Å². The summed E-state index contributed by atoms with van der Waals surface area (Å²) < 4.78 is 0. The topological polar surface area (TPSA) is 15.3 Å². The zero-order valence-electron chi connectivity index (χ0n) is 7.47. The van der Waals surface area contributed by atoms with Crippen LogP contribution in [0.4, 0.5) is 0 Å². The molecule has 3 aliphatic heterocycles. The molecule has 1 atom stereocenters. The van der Waals surface area contributed by atoms with Crippen LogP contribution in [0.2, 0.25) is 0 Å². The normalized spacial score (nSPS) is 33.3.